The Bertz CT molecular complexity index is 1040. The quantitative estimate of drug-likeness (QED) is 0.721. The number of hydrogen-bond acceptors (Lipinski definition) is 4. The smallest absolute Gasteiger partial charge is 0.403 e. The van der Waals surface area contributed by atoms with Crippen molar-refractivity contribution in [1.29, 1.82) is 0 Å². The second kappa shape index (κ2) is 6.91. The number of alkyl halides is 3. The molecule has 1 saturated carbocycles. The van der Waals surface area contributed by atoms with Gasteiger partial charge in [-0.1, -0.05) is 6.92 Å². The molecule has 0 radical (unpaired) electrons. The Balaban J connectivity index is 1.39. The largest absolute Gasteiger partial charge is 0.573 e. The first-order valence-corrected chi connectivity index (χ1v) is 10.1. The molecule has 1 amide bonds. The maximum absolute atomic E-state index is 14.1. The number of aryl methyl sites for hydroxylation is 1. The molecule has 7 atom stereocenters. The molecule has 3 unspecified atom stereocenters. The van der Waals surface area contributed by atoms with Gasteiger partial charge >= 0.3 is 6.36 Å². The normalized spacial score (nSPS) is 33.2. The number of carbonyl (C=O) groups is 1. The second-order valence-electron chi connectivity index (χ2n) is 8.54. The first-order valence-electron chi connectivity index (χ1n) is 10.1. The number of rotatable bonds is 4. The monoisotopic (exact) mass is 436 g/mol. The minimum Gasteiger partial charge on any atom is -0.403 e. The summed E-state index contributed by atoms with van der Waals surface area (Å²) in [7, 11) is 0. The summed E-state index contributed by atoms with van der Waals surface area (Å²) in [5.41, 5.74) is 1.87. The highest BCUT2D eigenvalue weighted by atomic mass is 19.4. The highest BCUT2D eigenvalue weighted by Gasteiger charge is 2.72. The number of carbonyl (C=O) groups excluding carboxylic acids is 1. The fraction of sp³-hybridized carbons (Fsp3) is 0.455. The van der Waals surface area contributed by atoms with Gasteiger partial charge in [0.1, 0.15) is 0 Å². The van der Waals surface area contributed by atoms with Crippen LogP contribution in [0.1, 0.15) is 24.1 Å². The van der Waals surface area contributed by atoms with E-state index >= 15 is 0 Å². The number of ether oxygens (including phenoxy) is 2. The Kier molecular flexibility index (Phi) is 4.51. The van der Waals surface area contributed by atoms with Gasteiger partial charge in [0, 0.05) is 29.6 Å². The summed E-state index contributed by atoms with van der Waals surface area (Å²) >= 11 is 0. The summed E-state index contributed by atoms with van der Waals surface area (Å²) in [5, 5.41) is 2.66. The molecule has 9 heteroatoms. The summed E-state index contributed by atoms with van der Waals surface area (Å²) in [4.78, 5) is 17.5. The first kappa shape index (κ1) is 20.2. The van der Waals surface area contributed by atoms with E-state index in [1.165, 1.54) is 6.07 Å². The van der Waals surface area contributed by atoms with Crippen LogP contribution in [-0.2, 0) is 9.53 Å². The molecule has 3 heterocycles. The summed E-state index contributed by atoms with van der Waals surface area (Å²) in [6, 6.07) is 6.68. The molecular weight excluding hydrogens is 416 g/mol. The molecule has 3 aliphatic rings. The average molecular weight is 436 g/mol. The number of nitrogens with zero attached hydrogens (tertiary/aromatic N) is 1. The van der Waals surface area contributed by atoms with Gasteiger partial charge in [-0.25, -0.2) is 4.39 Å². The number of aromatic nitrogens is 1. The van der Waals surface area contributed by atoms with Crippen LogP contribution in [0.15, 0.2) is 36.5 Å². The van der Waals surface area contributed by atoms with Crippen LogP contribution in [0, 0.1) is 36.4 Å². The van der Waals surface area contributed by atoms with Crippen LogP contribution in [0.2, 0.25) is 0 Å². The van der Waals surface area contributed by atoms with Gasteiger partial charge in [0.2, 0.25) is 5.91 Å². The lowest BCUT2D eigenvalue weighted by Crippen LogP contribution is -2.37. The van der Waals surface area contributed by atoms with E-state index in [2.05, 4.69) is 22.0 Å². The van der Waals surface area contributed by atoms with E-state index in [-0.39, 0.29) is 29.7 Å². The van der Waals surface area contributed by atoms with Crippen molar-refractivity contribution in [2.24, 2.45) is 23.7 Å². The molecule has 1 aliphatic carbocycles. The van der Waals surface area contributed by atoms with Crippen molar-refractivity contribution < 1.29 is 31.8 Å². The average Bonchev–Trinajstić information content (AvgIpc) is 3.05. The fourth-order valence-electron chi connectivity index (χ4n) is 5.48. The van der Waals surface area contributed by atoms with Crippen LogP contribution >= 0.6 is 0 Å². The predicted molar refractivity (Wildman–Crippen MR) is 102 cm³/mol. The van der Waals surface area contributed by atoms with Gasteiger partial charge in [0.05, 0.1) is 18.1 Å². The Labute approximate surface area is 175 Å². The molecule has 5 rings (SSSR count). The molecule has 2 saturated heterocycles. The number of benzene rings is 1. The van der Waals surface area contributed by atoms with E-state index < -0.39 is 23.8 Å². The Morgan fingerprint density at radius 3 is 2.58 bits per heavy atom. The van der Waals surface area contributed by atoms with Gasteiger partial charge in [0.25, 0.3) is 0 Å². The molecule has 3 fully saturated rings. The van der Waals surface area contributed by atoms with Crippen LogP contribution in [0.5, 0.6) is 5.75 Å². The van der Waals surface area contributed by atoms with Gasteiger partial charge in [-0.15, -0.1) is 13.2 Å². The van der Waals surface area contributed by atoms with Crippen LogP contribution in [0.25, 0.3) is 0 Å². The Hall–Kier alpha value is -2.68. The summed E-state index contributed by atoms with van der Waals surface area (Å²) in [6.07, 6.45) is -3.60. The van der Waals surface area contributed by atoms with Crippen molar-refractivity contribution >= 4 is 11.6 Å². The van der Waals surface area contributed by atoms with Gasteiger partial charge < -0.3 is 14.8 Å². The van der Waals surface area contributed by atoms with Crippen LogP contribution in [-0.4, -0.2) is 29.5 Å². The second-order valence-corrected chi connectivity index (χ2v) is 8.54. The molecule has 164 valence electrons. The van der Waals surface area contributed by atoms with Gasteiger partial charge in [-0.3, -0.25) is 9.78 Å². The number of halogens is 4. The maximum atomic E-state index is 14.1. The summed E-state index contributed by atoms with van der Waals surface area (Å²) in [6.45, 7) is 4.03. The van der Waals surface area contributed by atoms with Crippen molar-refractivity contribution in [1.82, 2.24) is 4.98 Å². The molecule has 31 heavy (non-hydrogen) atoms. The number of fused-ring (bicyclic) bond motifs is 5. The van der Waals surface area contributed by atoms with Crippen molar-refractivity contribution in [3.63, 3.8) is 0 Å². The highest BCUT2D eigenvalue weighted by molar-refractivity contribution is 5.94. The number of hydrogen-bond donors (Lipinski definition) is 1. The van der Waals surface area contributed by atoms with Gasteiger partial charge in [0.15, 0.2) is 11.6 Å². The van der Waals surface area contributed by atoms with Crippen molar-refractivity contribution in [3.8, 4) is 5.75 Å². The molecule has 1 N–H and O–H groups in total. The van der Waals surface area contributed by atoms with Gasteiger partial charge in [-0.2, -0.15) is 0 Å². The fourth-order valence-corrected chi connectivity index (χ4v) is 5.48. The zero-order valence-electron chi connectivity index (χ0n) is 16.7. The van der Waals surface area contributed by atoms with Crippen molar-refractivity contribution in [3.05, 3.63) is 53.6 Å². The third kappa shape index (κ3) is 3.44. The lowest BCUT2D eigenvalue weighted by molar-refractivity contribution is -0.275. The van der Waals surface area contributed by atoms with Crippen LogP contribution in [0.3, 0.4) is 0 Å². The minimum atomic E-state index is -5.00. The standard InChI is InChI=1S/C22H20F4N2O3/c1-9-7-11(5-6-27-9)17-18(20-16-10(2)15(16)19(17)30-20)21(29)28-12-3-4-14(13(23)8-12)31-22(24,25)26/h3-8,10,15-20H,1-2H3,(H,28,29)/t10?,15?,16?,17-,18-,19+,20-/m1/s1. The van der Waals surface area contributed by atoms with Crippen LogP contribution in [0.4, 0.5) is 23.2 Å². The molecular formula is C22H20F4N2O3. The molecule has 1 aromatic heterocycles. The molecule has 5 nitrogen and oxygen atoms in total. The molecule has 2 aliphatic heterocycles. The van der Waals surface area contributed by atoms with E-state index in [0.717, 1.165) is 23.4 Å². The molecule has 1 aromatic carbocycles. The lowest BCUT2D eigenvalue weighted by Gasteiger charge is -2.27. The molecule has 2 bridgehead atoms. The van der Waals surface area contributed by atoms with E-state index in [9.17, 15) is 22.4 Å². The highest BCUT2D eigenvalue weighted by Crippen LogP contribution is 2.68. The van der Waals surface area contributed by atoms with Gasteiger partial charge in [-0.05, 0) is 54.5 Å². The Morgan fingerprint density at radius 1 is 1.16 bits per heavy atom. The van der Waals surface area contributed by atoms with E-state index in [4.69, 9.17) is 4.74 Å². The third-order valence-electron chi connectivity index (χ3n) is 6.72. The molecule has 2 aromatic rings. The molecule has 0 spiro atoms. The van der Waals surface area contributed by atoms with Crippen LogP contribution < -0.4 is 10.1 Å². The predicted octanol–water partition coefficient (Wildman–Crippen LogP) is 4.43. The van der Waals surface area contributed by atoms with Crippen molar-refractivity contribution in [2.45, 2.75) is 38.3 Å². The van der Waals surface area contributed by atoms with E-state index in [1.54, 1.807) is 6.20 Å². The number of amides is 1. The SMILES string of the molecule is Cc1cc([C@@H]2[C@@H](C(=O)Nc3ccc(OC(F)(F)F)c(F)c3)[C@@H]3O[C@H]2C2C(C)C23)ccn1. The lowest BCUT2D eigenvalue weighted by atomic mass is 9.75. The van der Waals surface area contributed by atoms with Crippen molar-refractivity contribution in [2.75, 3.05) is 5.32 Å². The topological polar surface area (TPSA) is 60.5 Å². The summed E-state index contributed by atoms with van der Waals surface area (Å²) < 4.78 is 60.9. The number of nitrogens with one attached hydrogen (secondary N) is 1. The Morgan fingerprint density at radius 2 is 1.90 bits per heavy atom. The first-order chi connectivity index (χ1) is 14.6. The zero-order valence-corrected chi connectivity index (χ0v) is 16.7. The summed E-state index contributed by atoms with van der Waals surface area (Å²) in [5.74, 6) is -1.92. The third-order valence-corrected chi connectivity index (χ3v) is 6.72. The number of pyridine rings is 1. The zero-order chi connectivity index (χ0) is 22.1. The minimum absolute atomic E-state index is 0.0600. The van der Waals surface area contributed by atoms with E-state index in [0.29, 0.717) is 17.8 Å². The number of anilines is 1. The van der Waals surface area contributed by atoms with E-state index in [1.807, 2.05) is 19.1 Å². The maximum Gasteiger partial charge on any atom is 0.573 e.